The van der Waals surface area contributed by atoms with Crippen LogP contribution in [0, 0.1) is 18.3 Å². The Morgan fingerprint density at radius 2 is 2.54 bits per heavy atom. The van der Waals surface area contributed by atoms with Crippen LogP contribution < -0.4 is 0 Å². The first-order valence-corrected chi connectivity index (χ1v) is 4.48. The lowest BCUT2D eigenvalue weighted by Gasteiger charge is -2.09. The Bertz CT molecular complexity index is 353. The molecule has 4 nitrogen and oxygen atoms in total. The molecule has 0 fully saturated rings. The second-order valence-electron chi connectivity index (χ2n) is 2.64. The molecule has 1 aromatic heterocycles. The number of aryl methyl sites for hydroxylation is 1. The van der Waals surface area contributed by atoms with Gasteiger partial charge in [-0.15, -0.1) is 0 Å². The Kier molecular flexibility index (Phi) is 2.98. The zero-order valence-electron chi connectivity index (χ0n) is 7.44. The van der Waals surface area contributed by atoms with E-state index in [2.05, 4.69) is 4.37 Å². The van der Waals surface area contributed by atoms with E-state index in [9.17, 15) is 4.79 Å². The maximum absolute atomic E-state index is 11.5. The van der Waals surface area contributed by atoms with Gasteiger partial charge in [0, 0.05) is 11.9 Å². The number of nitriles is 1. The highest BCUT2D eigenvalue weighted by atomic mass is 32.1. The minimum absolute atomic E-state index is 0.0927. The van der Waals surface area contributed by atoms with E-state index >= 15 is 0 Å². The van der Waals surface area contributed by atoms with E-state index in [1.54, 1.807) is 13.1 Å². The van der Waals surface area contributed by atoms with Crippen molar-refractivity contribution in [2.24, 2.45) is 0 Å². The first-order chi connectivity index (χ1) is 6.15. The van der Waals surface area contributed by atoms with Gasteiger partial charge in [-0.05, 0) is 24.5 Å². The van der Waals surface area contributed by atoms with Crippen molar-refractivity contribution in [2.45, 2.75) is 6.92 Å². The second-order valence-corrected chi connectivity index (χ2v) is 3.65. The van der Waals surface area contributed by atoms with Crippen molar-refractivity contribution in [1.82, 2.24) is 9.27 Å². The van der Waals surface area contributed by atoms with Crippen molar-refractivity contribution >= 4 is 17.4 Å². The summed E-state index contributed by atoms with van der Waals surface area (Å²) in [6.07, 6.45) is 0. The summed E-state index contributed by atoms with van der Waals surface area (Å²) < 4.78 is 3.96. The summed E-state index contributed by atoms with van der Waals surface area (Å²) in [6.45, 7) is 1.98. The lowest BCUT2D eigenvalue weighted by atomic mass is 10.3. The van der Waals surface area contributed by atoms with Crippen LogP contribution in [0.4, 0.5) is 0 Å². The van der Waals surface area contributed by atoms with Crippen LogP contribution in [-0.4, -0.2) is 28.8 Å². The quantitative estimate of drug-likeness (QED) is 0.663. The van der Waals surface area contributed by atoms with Crippen LogP contribution >= 0.6 is 11.5 Å². The zero-order valence-corrected chi connectivity index (χ0v) is 8.26. The van der Waals surface area contributed by atoms with Gasteiger partial charge in [0.2, 0.25) is 0 Å². The van der Waals surface area contributed by atoms with Crippen molar-refractivity contribution in [3.63, 3.8) is 0 Å². The fraction of sp³-hybridized carbons (Fsp3) is 0.375. The smallest absolute Gasteiger partial charge is 0.274 e. The van der Waals surface area contributed by atoms with Crippen molar-refractivity contribution in [1.29, 1.82) is 5.26 Å². The van der Waals surface area contributed by atoms with E-state index in [1.807, 2.05) is 13.0 Å². The standard InChI is InChI=1S/C8H9N3OS/c1-6-5-7(10-13-6)8(12)11(2)4-3-9/h5H,4H2,1-2H3. The topological polar surface area (TPSA) is 57.0 Å². The molecule has 1 heterocycles. The third kappa shape index (κ3) is 2.26. The highest BCUT2D eigenvalue weighted by Crippen LogP contribution is 2.09. The van der Waals surface area contributed by atoms with Crippen molar-refractivity contribution < 1.29 is 4.79 Å². The molecule has 0 unspecified atom stereocenters. The molecule has 0 N–H and O–H groups in total. The SMILES string of the molecule is Cc1cc(C(=O)N(C)CC#N)ns1. The highest BCUT2D eigenvalue weighted by Gasteiger charge is 2.13. The molecule has 13 heavy (non-hydrogen) atoms. The number of aromatic nitrogens is 1. The van der Waals surface area contributed by atoms with Gasteiger partial charge >= 0.3 is 0 Å². The second kappa shape index (κ2) is 4.01. The van der Waals surface area contributed by atoms with Crippen molar-refractivity contribution in [2.75, 3.05) is 13.6 Å². The normalized spacial score (nSPS) is 9.31. The molecule has 1 amide bonds. The maximum Gasteiger partial charge on any atom is 0.274 e. The highest BCUT2D eigenvalue weighted by molar-refractivity contribution is 7.05. The predicted molar refractivity (Wildman–Crippen MR) is 49.4 cm³/mol. The van der Waals surface area contributed by atoms with Crippen LogP contribution in [0.15, 0.2) is 6.07 Å². The Labute approximate surface area is 80.6 Å². The number of carbonyl (C=O) groups is 1. The third-order valence-electron chi connectivity index (χ3n) is 1.50. The molecule has 0 saturated heterocycles. The lowest BCUT2D eigenvalue weighted by molar-refractivity contribution is 0.0807. The molecule has 0 aliphatic carbocycles. The van der Waals surface area contributed by atoms with Crippen LogP contribution in [0.3, 0.4) is 0 Å². The Morgan fingerprint density at radius 1 is 1.85 bits per heavy atom. The summed E-state index contributed by atoms with van der Waals surface area (Å²) in [5.74, 6) is -0.203. The third-order valence-corrected chi connectivity index (χ3v) is 2.20. The van der Waals surface area contributed by atoms with Gasteiger partial charge in [-0.2, -0.15) is 9.64 Å². The average molecular weight is 195 g/mol. The summed E-state index contributed by atoms with van der Waals surface area (Å²) in [7, 11) is 1.58. The van der Waals surface area contributed by atoms with E-state index in [0.29, 0.717) is 5.69 Å². The Hall–Kier alpha value is -1.41. The van der Waals surface area contributed by atoms with Gasteiger partial charge in [0.05, 0.1) is 6.07 Å². The average Bonchev–Trinajstić information content (AvgIpc) is 2.51. The summed E-state index contributed by atoms with van der Waals surface area (Å²) in [5, 5.41) is 8.38. The number of amides is 1. The molecule has 5 heteroatoms. The molecule has 68 valence electrons. The molecule has 0 saturated carbocycles. The van der Waals surface area contributed by atoms with Crippen molar-refractivity contribution in [3.8, 4) is 6.07 Å². The van der Waals surface area contributed by atoms with Gasteiger partial charge in [0.1, 0.15) is 12.2 Å². The van der Waals surface area contributed by atoms with E-state index in [4.69, 9.17) is 5.26 Å². The Morgan fingerprint density at radius 3 is 3.00 bits per heavy atom. The predicted octanol–water partition coefficient (Wildman–Crippen LogP) is 1.05. The first-order valence-electron chi connectivity index (χ1n) is 3.71. The number of nitrogens with zero attached hydrogens (tertiary/aromatic N) is 3. The van der Waals surface area contributed by atoms with Gasteiger partial charge in [0.25, 0.3) is 5.91 Å². The Balaban J connectivity index is 2.74. The van der Waals surface area contributed by atoms with Crippen LogP contribution in [0.25, 0.3) is 0 Å². The lowest BCUT2D eigenvalue weighted by Crippen LogP contribution is -2.27. The number of hydrogen-bond donors (Lipinski definition) is 0. The number of hydrogen-bond acceptors (Lipinski definition) is 4. The monoisotopic (exact) mass is 195 g/mol. The van der Waals surface area contributed by atoms with Crippen LogP contribution in [-0.2, 0) is 0 Å². The van der Waals surface area contributed by atoms with Gasteiger partial charge in [0.15, 0.2) is 0 Å². The maximum atomic E-state index is 11.5. The van der Waals surface area contributed by atoms with Crippen LogP contribution in [0.5, 0.6) is 0 Å². The molecule has 0 aromatic carbocycles. The summed E-state index contributed by atoms with van der Waals surface area (Å²) in [5.41, 5.74) is 0.417. The largest absolute Gasteiger partial charge is 0.327 e. The van der Waals surface area contributed by atoms with Gasteiger partial charge < -0.3 is 4.90 Å². The summed E-state index contributed by atoms with van der Waals surface area (Å²) in [6, 6.07) is 3.63. The fourth-order valence-corrected chi connectivity index (χ4v) is 1.38. The first kappa shape index (κ1) is 9.68. The molecular weight excluding hydrogens is 186 g/mol. The van der Waals surface area contributed by atoms with E-state index in [0.717, 1.165) is 4.88 Å². The molecular formula is C8H9N3OS. The van der Waals surface area contributed by atoms with E-state index < -0.39 is 0 Å². The van der Waals surface area contributed by atoms with E-state index in [-0.39, 0.29) is 12.5 Å². The van der Waals surface area contributed by atoms with Crippen LogP contribution in [0.1, 0.15) is 15.4 Å². The molecule has 0 atom stereocenters. The molecule has 0 aliphatic heterocycles. The summed E-state index contributed by atoms with van der Waals surface area (Å²) >= 11 is 1.29. The molecule has 0 aliphatic rings. The van der Waals surface area contributed by atoms with Gasteiger partial charge in [-0.25, -0.2) is 0 Å². The molecule has 0 radical (unpaired) electrons. The van der Waals surface area contributed by atoms with Crippen LogP contribution in [0.2, 0.25) is 0 Å². The number of carbonyl (C=O) groups excluding carboxylic acids is 1. The minimum atomic E-state index is -0.203. The zero-order chi connectivity index (χ0) is 9.84. The number of rotatable bonds is 2. The van der Waals surface area contributed by atoms with Gasteiger partial charge in [-0.1, -0.05) is 0 Å². The molecule has 1 aromatic rings. The fourth-order valence-electron chi connectivity index (χ4n) is 0.841. The molecule has 1 rings (SSSR count). The summed E-state index contributed by atoms with van der Waals surface area (Å²) in [4.78, 5) is 13.8. The molecule has 0 spiro atoms. The minimum Gasteiger partial charge on any atom is -0.327 e. The van der Waals surface area contributed by atoms with E-state index in [1.165, 1.54) is 16.4 Å². The molecule has 0 bridgehead atoms. The van der Waals surface area contributed by atoms with Gasteiger partial charge in [-0.3, -0.25) is 4.79 Å². The van der Waals surface area contributed by atoms with Crippen molar-refractivity contribution in [3.05, 3.63) is 16.6 Å².